The Balaban J connectivity index is 1.57. The highest BCUT2D eigenvalue weighted by atomic mass is 32.2. The molecule has 0 saturated carbocycles. The van der Waals surface area contributed by atoms with Gasteiger partial charge in [0.05, 0.1) is 24.4 Å². The highest BCUT2D eigenvalue weighted by molar-refractivity contribution is 7.84. The molecule has 0 spiro atoms. The predicted molar refractivity (Wildman–Crippen MR) is 124 cm³/mol. The summed E-state index contributed by atoms with van der Waals surface area (Å²) in [5, 5.41) is 20.4. The number of anilines is 2. The van der Waals surface area contributed by atoms with Gasteiger partial charge in [0.1, 0.15) is 10.8 Å². The molecule has 1 aliphatic rings. The number of H-pyrrole nitrogens is 1. The van der Waals surface area contributed by atoms with Crippen LogP contribution in [0.15, 0.2) is 64.8 Å². The third-order valence-corrected chi connectivity index (χ3v) is 6.85. The number of aromatic nitrogens is 4. The van der Waals surface area contributed by atoms with E-state index in [1.54, 1.807) is 25.4 Å². The molecule has 8 nitrogen and oxygen atoms in total. The monoisotopic (exact) mass is 456 g/mol. The van der Waals surface area contributed by atoms with Crippen molar-refractivity contribution >= 4 is 22.4 Å². The zero-order chi connectivity index (χ0) is 22.8. The molecule has 2 heterocycles. The number of methoxy groups -OCH3 is 1. The number of nitrogens with one attached hydrogen (secondary N) is 2. The van der Waals surface area contributed by atoms with Crippen LogP contribution in [0, 0.1) is 11.3 Å². The number of aromatic amines is 1. The van der Waals surface area contributed by atoms with E-state index < -0.39 is 10.8 Å². The van der Waals surface area contributed by atoms with Crippen molar-refractivity contribution in [3.05, 3.63) is 71.4 Å². The Labute approximate surface area is 193 Å². The quantitative estimate of drug-likeness (QED) is 0.448. The number of rotatable bonds is 6. The highest BCUT2D eigenvalue weighted by Crippen LogP contribution is 2.41. The first kappa shape index (κ1) is 20.8. The first-order valence-corrected chi connectivity index (χ1v) is 11.6. The topological polar surface area (TPSA) is 117 Å². The van der Waals surface area contributed by atoms with Gasteiger partial charge in [0.2, 0.25) is 17.0 Å². The van der Waals surface area contributed by atoms with E-state index in [9.17, 15) is 9.47 Å². The molecule has 0 saturated heterocycles. The van der Waals surface area contributed by atoms with Gasteiger partial charge in [-0.1, -0.05) is 18.2 Å². The van der Waals surface area contributed by atoms with E-state index in [4.69, 9.17) is 4.74 Å². The van der Waals surface area contributed by atoms with Gasteiger partial charge in [-0.05, 0) is 60.2 Å². The van der Waals surface area contributed by atoms with E-state index in [2.05, 4.69) is 31.6 Å². The van der Waals surface area contributed by atoms with Crippen molar-refractivity contribution in [2.75, 3.05) is 12.4 Å². The molecule has 0 bridgehead atoms. The lowest BCUT2D eigenvalue weighted by atomic mass is 9.94. The van der Waals surface area contributed by atoms with Crippen LogP contribution in [0.1, 0.15) is 23.1 Å². The smallest absolute Gasteiger partial charge is 0.247 e. The molecule has 2 aromatic heterocycles. The van der Waals surface area contributed by atoms with Gasteiger partial charge in [-0.2, -0.15) is 10.2 Å². The number of pyridine rings is 1. The predicted octanol–water partition coefficient (Wildman–Crippen LogP) is 4.15. The Morgan fingerprint density at radius 3 is 2.76 bits per heavy atom. The molecule has 0 fully saturated rings. The molecular weight excluding hydrogens is 436 g/mol. The maximum Gasteiger partial charge on any atom is 0.247 e. The maximum atomic E-state index is 12.8. The molecule has 1 atom stereocenters. The second kappa shape index (κ2) is 8.84. The largest absolute Gasteiger partial charge is 0.481 e. The van der Waals surface area contributed by atoms with Crippen LogP contribution in [0.3, 0.4) is 0 Å². The lowest BCUT2D eigenvalue weighted by Crippen LogP contribution is -2.03. The van der Waals surface area contributed by atoms with Crippen LogP contribution in [0.4, 0.5) is 11.6 Å². The number of ether oxygens (including phenoxy) is 1. The molecule has 164 valence electrons. The summed E-state index contributed by atoms with van der Waals surface area (Å²) < 4.78 is 18.1. The van der Waals surface area contributed by atoms with Gasteiger partial charge in [0.15, 0.2) is 0 Å². The molecule has 0 radical (unpaired) electrons. The standard InChI is InChI=1S/C24H20N6O2S/c1-32-21-13-15(10-11-26-21)20-12-16(14-25)18-8-5-9-19(18)22(20)27-23-28-24(30-29-23)33(31)17-6-3-2-4-7-17/h2-4,6-7,10-13H,5,8-9H2,1H3,(H2,27,28,29,30). The number of hydrogen-bond acceptors (Lipinski definition) is 7. The van der Waals surface area contributed by atoms with Gasteiger partial charge in [-0.3, -0.25) is 0 Å². The molecule has 9 heteroatoms. The Kier molecular flexibility index (Phi) is 5.59. The number of benzene rings is 2. The van der Waals surface area contributed by atoms with E-state index in [-0.39, 0.29) is 5.16 Å². The molecule has 1 aliphatic carbocycles. The molecule has 4 aromatic rings. The zero-order valence-electron chi connectivity index (χ0n) is 17.8. The third-order valence-electron chi connectivity index (χ3n) is 5.61. The average molecular weight is 457 g/mol. The van der Waals surface area contributed by atoms with Gasteiger partial charge in [0.25, 0.3) is 0 Å². The normalized spacial score (nSPS) is 13.2. The van der Waals surface area contributed by atoms with Crippen LogP contribution in [0.2, 0.25) is 0 Å². The summed E-state index contributed by atoms with van der Waals surface area (Å²) >= 11 is 0. The third kappa shape index (κ3) is 3.97. The van der Waals surface area contributed by atoms with Gasteiger partial charge in [0, 0.05) is 22.7 Å². The van der Waals surface area contributed by atoms with Gasteiger partial charge < -0.3 is 10.1 Å². The average Bonchev–Trinajstić information content (AvgIpc) is 3.54. The van der Waals surface area contributed by atoms with Crippen LogP contribution < -0.4 is 10.1 Å². The fraction of sp³-hybridized carbons (Fsp3) is 0.167. The van der Waals surface area contributed by atoms with Crippen molar-refractivity contribution < 1.29 is 8.95 Å². The molecule has 33 heavy (non-hydrogen) atoms. The fourth-order valence-electron chi connectivity index (χ4n) is 4.10. The van der Waals surface area contributed by atoms with Gasteiger partial charge in [-0.15, -0.1) is 5.10 Å². The molecule has 0 aliphatic heterocycles. The van der Waals surface area contributed by atoms with Gasteiger partial charge >= 0.3 is 0 Å². The Bertz CT molecular complexity index is 1390. The Morgan fingerprint density at radius 1 is 1.15 bits per heavy atom. The Hall–Kier alpha value is -4.03. The van der Waals surface area contributed by atoms with Crippen LogP contribution in [0.5, 0.6) is 5.88 Å². The molecule has 2 aromatic carbocycles. The summed E-state index contributed by atoms with van der Waals surface area (Å²) in [5.74, 6) is 0.797. The summed E-state index contributed by atoms with van der Waals surface area (Å²) in [7, 11) is 0.0952. The SMILES string of the molecule is COc1cc(-c2cc(C#N)c3c(c2Nc2n[nH]c(S(=O)c4ccccc4)n2)CCC3)ccn1. The summed E-state index contributed by atoms with van der Waals surface area (Å²) in [6.07, 6.45) is 4.34. The lowest BCUT2D eigenvalue weighted by Gasteiger charge is -2.17. The van der Waals surface area contributed by atoms with Crippen LogP contribution in [-0.4, -0.2) is 31.5 Å². The summed E-state index contributed by atoms with van der Waals surface area (Å²) in [6.45, 7) is 0. The maximum absolute atomic E-state index is 12.8. The second-order valence-corrected chi connectivity index (χ2v) is 8.92. The first-order chi connectivity index (χ1) is 16.2. The summed E-state index contributed by atoms with van der Waals surface area (Å²) in [4.78, 5) is 9.27. The number of nitrogens with zero attached hydrogens (tertiary/aromatic N) is 4. The van der Waals surface area contributed by atoms with Gasteiger partial charge in [-0.25, -0.2) is 14.3 Å². The summed E-state index contributed by atoms with van der Waals surface area (Å²) in [5.41, 5.74) is 5.33. The Morgan fingerprint density at radius 2 is 1.97 bits per heavy atom. The van der Waals surface area contributed by atoms with E-state index in [0.29, 0.717) is 22.3 Å². The van der Waals surface area contributed by atoms with Crippen molar-refractivity contribution in [2.24, 2.45) is 0 Å². The summed E-state index contributed by atoms with van der Waals surface area (Å²) in [6, 6.07) is 17.0. The van der Waals surface area contributed by atoms with Crippen LogP contribution >= 0.6 is 0 Å². The first-order valence-electron chi connectivity index (χ1n) is 10.4. The number of nitriles is 1. The van der Waals surface area contributed by atoms with E-state index in [1.807, 2.05) is 36.4 Å². The van der Waals surface area contributed by atoms with Crippen molar-refractivity contribution in [1.82, 2.24) is 20.2 Å². The molecule has 1 unspecified atom stereocenters. The van der Waals surface area contributed by atoms with Crippen LogP contribution in [-0.2, 0) is 23.6 Å². The fourth-order valence-corrected chi connectivity index (χ4v) is 5.02. The second-order valence-electron chi connectivity index (χ2n) is 7.53. The number of hydrogen-bond donors (Lipinski definition) is 2. The van der Waals surface area contributed by atoms with E-state index in [0.717, 1.165) is 47.2 Å². The van der Waals surface area contributed by atoms with E-state index >= 15 is 0 Å². The zero-order valence-corrected chi connectivity index (χ0v) is 18.6. The minimum atomic E-state index is -1.47. The molecule has 0 amide bonds. The molecule has 5 rings (SSSR count). The van der Waals surface area contributed by atoms with Crippen molar-refractivity contribution in [3.63, 3.8) is 0 Å². The molecule has 2 N–H and O–H groups in total. The number of fused-ring (bicyclic) bond motifs is 1. The lowest BCUT2D eigenvalue weighted by molar-refractivity contribution is 0.398. The molecular formula is C24H20N6O2S. The minimum absolute atomic E-state index is 0.265. The van der Waals surface area contributed by atoms with Crippen molar-refractivity contribution in [3.8, 4) is 23.1 Å². The highest BCUT2D eigenvalue weighted by Gasteiger charge is 2.24. The minimum Gasteiger partial charge on any atom is -0.481 e. The van der Waals surface area contributed by atoms with Crippen LogP contribution in [0.25, 0.3) is 11.1 Å². The van der Waals surface area contributed by atoms with Crippen molar-refractivity contribution in [1.29, 1.82) is 5.26 Å². The van der Waals surface area contributed by atoms with E-state index in [1.165, 1.54) is 0 Å². The van der Waals surface area contributed by atoms with Crippen molar-refractivity contribution in [2.45, 2.75) is 29.3 Å².